The topological polar surface area (TPSA) is 56.7 Å². The third kappa shape index (κ3) is 1.99. The number of rotatable bonds is 4. The van der Waals surface area contributed by atoms with Crippen LogP contribution in [-0.4, -0.2) is 21.1 Å². The van der Waals surface area contributed by atoms with Gasteiger partial charge in [-0.05, 0) is 31.5 Å². The number of unbranched alkanes of at least 4 members (excludes halogenated alkanes) is 1. The van der Waals surface area contributed by atoms with E-state index in [2.05, 4.69) is 14.5 Å². The average Bonchev–Trinajstić information content (AvgIpc) is 2.57. The van der Waals surface area contributed by atoms with E-state index in [0.29, 0.717) is 0 Å². The van der Waals surface area contributed by atoms with Gasteiger partial charge in [0.1, 0.15) is 5.82 Å². The van der Waals surface area contributed by atoms with Crippen LogP contribution >= 0.6 is 0 Å². The van der Waals surface area contributed by atoms with Crippen LogP contribution in [0.25, 0.3) is 11.2 Å². The summed E-state index contributed by atoms with van der Waals surface area (Å²) >= 11 is 0. The number of hydrogen-bond donors (Lipinski definition) is 1. The zero-order chi connectivity index (χ0) is 10.7. The molecule has 0 aliphatic heterocycles. The summed E-state index contributed by atoms with van der Waals surface area (Å²) in [5, 5.41) is 0. The Morgan fingerprint density at radius 2 is 2.27 bits per heavy atom. The molecule has 0 radical (unpaired) electrons. The number of hydrogen-bond acceptors (Lipinski definition) is 3. The van der Waals surface area contributed by atoms with E-state index in [-0.39, 0.29) is 0 Å². The molecule has 4 heteroatoms. The van der Waals surface area contributed by atoms with Gasteiger partial charge in [-0.15, -0.1) is 0 Å². The van der Waals surface area contributed by atoms with E-state index in [0.717, 1.165) is 42.8 Å². The van der Waals surface area contributed by atoms with Crippen LogP contribution in [0.3, 0.4) is 0 Å². The van der Waals surface area contributed by atoms with Gasteiger partial charge in [0.05, 0.1) is 5.52 Å². The van der Waals surface area contributed by atoms with Crippen molar-refractivity contribution in [1.82, 2.24) is 14.5 Å². The minimum Gasteiger partial charge on any atom is -0.330 e. The van der Waals surface area contributed by atoms with Gasteiger partial charge in [0, 0.05) is 19.7 Å². The molecule has 80 valence electrons. The monoisotopic (exact) mass is 204 g/mol. The molecule has 0 saturated heterocycles. The molecule has 4 nitrogen and oxygen atoms in total. The van der Waals surface area contributed by atoms with Crippen molar-refractivity contribution in [2.45, 2.75) is 19.3 Å². The molecule has 2 aromatic heterocycles. The van der Waals surface area contributed by atoms with Crippen LogP contribution in [0.4, 0.5) is 0 Å². The first-order valence-electron chi connectivity index (χ1n) is 5.29. The SMILES string of the molecule is Cn1c(CCCCN)nc2ncccc21. The fourth-order valence-electron chi connectivity index (χ4n) is 1.72. The Bertz CT molecular complexity index is 447. The van der Waals surface area contributed by atoms with Crippen molar-refractivity contribution in [3.05, 3.63) is 24.2 Å². The van der Waals surface area contributed by atoms with E-state index < -0.39 is 0 Å². The van der Waals surface area contributed by atoms with Crippen molar-refractivity contribution >= 4 is 11.2 Å². The fraction of sp³-hybridized carbons (Fsp3) is 0.455. The number of nitrogens with two attached hydrogens (primary N) is 1. The highest BCUT2D eigenvalue weighted by Crippen LogP contribution is 2.13. The lowest BCUT2D eigenvalue weighted by Gasteiger charge is -2.00. The Labute approximate surface area is 89.1 Å². The van der Waals surface area contributed by atoms with Crippen molar-refractivity contribution < 1.29 is 0 Å². The highest BCUT2D eigenvalue weighted by molar-refractivity contribution is 5.71. The van der Waals surface area contributed by atoms with Crippen LogP contribution in [0.5, 0.6) is 0 Å². The van der Waals surface area contributed by atoms with Gasteiger partial charge in [-0.25, -0.2) is 9.97 Å². The summed E-state index contributed by atoms with van der Waals surface area (Å²) in [7, 11) is 2.04. The molecule has 0 fully saturated rings. The highest BCUT2D eigenvalue weighted by atomic mass is 15.1. The highest BCUT2D eigenvalue weighted by Gasteiger charge is 2.06. The summed E-state index contributed by atoms with van der Waals surface area (Å²) in [6.07, 6.45) is 4.90. The van der Waals surface area contributed by atoms with E-state index in [9.17, 15) is 0 Å². The minimum absolute atomic E-state index is 0.752. The summed E-state index contributed by atoms with van der Waals surface area (Å²) in [5.74, 6) is 1.09. The second-order valence-electron chi connectivity index (χ2n) is 3.68. The van der Waals surface area contributed by atoms with Gasteiger partial charge in [-0.2, -0.15) is 0 Å². The molecule has 0 aliphatic rings. The average molecular weight is 204 g/mol. The summed E-state index contributed by atoms with van der Waals surface area (Å²) in [5.41, 5.74) is 7.40. The minimum atomic E-state index is 0.752. The Balaban J connectivity index is 2.24. The van der Waals surface area contributed by atoms with Crippen LogP contribution in [0.1, 0.15) is 18.7 Å². The maximum absolute atomic E-state index is 5.47. The quantitative estimate of drug-likeness (QED) is 0.762. The molecule has 2 heterocycles. The predicted molar refractivity (Wildman–Crippen MR) is 60.5 cm³/mol. The second kappa shape index (κ2) is 4.40. The Kier molecular flexibility index (Phi) is 2.97. The van der Waals surface area contributed by atoms with Gasteiger partial charge in [-0.1, -0.05) is 0 Å². The standard InChI is InChI=1S/C11H16N4/c1-15-9-5-4-8-13-11(9)14-10(15)6-2-3-7-12/h4-5,8H,2-3,6-7,12H2,1H3. The van der Waals surface area contributed by atoms with Crippen molar-refractivity contribution in [3.63, 3.8) is 0 Å². The van der Waals surface area contributed by atoms with E-state index in [4.69, 9.17) is 5.73 Å². The van der Waals surface area contributed by atoms with Crippen molar-refractivity contribution in [2.75, 3.05) is 6.54 Å². The molecule has 15 heavy (non-hydrogen) atoms. The molecule has 0 aromatic carbocycles. The molecule has 2 aromatic rings. The molecular formula is C11H16N4. The number of nitrogens with zero attached hydrogens (tertiary/aromatic N) is 3. The van der Waals surface area contributed by atoms with Crippen molar-refractivity contribution in [1.29, 1.82) is 0 Å². The van der Waals surface area contributed by atoms with Crippen LogP contribution in [0.2, 0.25) is 0 Å². The molecule has 0 bridgehead atoms. The van der Waals surface area contributed by atoms with Crippen LogP contribution in [0, 0.1) is 0 Å². The molecule has 2 rings (SSSR count). The fourth-order valence-corrected chi connectivity index (χ4v) is 1.72. The number of aromatic nitrogens is 3. The van der Waals surface area contributed by atoms with Gasteiger partial charge >= 0.3 is 0 Å². The molecule has 0 spiro atoms. The normalized spacial score (nSPS) is 11.1. The predicted octanol–water partition coefficient (Wildman–Crippen LogP) is 1.25. The lowest BCUT2D eigenvalue weighted by atomic mass is 10.2. The van der Waals surface area contributed by atoms with Crippen molar-refractivity contribution in [3.8, 4) is 0 Å². The first kappa shape index (κ1) is 10.1. The molecule has 0 saturated carbocycles. The van der Waals surface area contributed by atoms with Crippen LogP contribution in [-0.2, 0) is 13.5 Å². The van der Waals surface area contributed by atoms with E-state index in [1.165, 1.54) is 0 Å². The van der Waals surface area contributed by atoms with Crippen molar-refractivity contribution in [2.24, 2.45) is 12.8 Å². The first-order chi connectivity index (χ1) is 7.33. The molecular weight excluding hydrogens is 188 g/mol. The maximum atomic E-state index is 5.47. The molecule has 0 atom stereocenters. The zero-order valence-electron chi connectivity index (χ0n) is 8.98. The Morgan fingerprint density at radius 1 is 1.40 bits per heavy atom. The number of imidazole rings is 1. The van der Waals surface area contributed by atoms with Gasteiger partial charge in [0.2, 0.25) is 0 Å². The summed E-state index contributed by atoms with van der Waals surface area (Å²) < 4.78 is 2.11. The van der Waals surface area contributed by atoms with Crippen LogP contribution < -0.4 is 5.73 Å². The maximum Gasteiger partial charge on any atom is 0.177 e. The smallest absolute Gasteiger partial charge is 0.177 e. The number of pyridine rings is 1. The van der Waals surface area contributed by atoms with Gasteiger partial charge in [0.25, 0.3) is 0 Å². The summed E-state index contributed by atoms with van der Waals surface area (Å²) in [6, 6.07) is 3.98. The lowest BCUT2D eigenvalue weighted by Crippen LogP contribution is -2.02. The third-order valence-electron chi connectivity index (χ3n) is 2.60. The van der Waals surface area contributed by atoms with Gasteiger partial charge in [0.15, 0.2) is 5.65 Å². The Morgan fingerprint density at radius 3 is 3.00 bits per heavy atom. The molecule has 0 unspecified atom stereocenters. The first-order valence-corrected chi connectivity index (χ1v) is 5.29. The second-order valence-corrected chi connectivity index (χ2v) is 3.68. The summed E-state index contributed by atoms with van der Waals surface area (Å²) in [4.78, 5) is 8.73. The van der Waals surface area contributed by atoms with E-state index in [1.807, 2.05) is 19.2 Å². The van der Waals surface area contributed by atoms with Gasteiger partial charge in [-0.3, -0.25) is 0 Å². The van der Waals surface area contributed by atoms with E-state index in [1.54, 1.807) is 6.20 Å². The summed E-state index contributed by atoms with van der Waals surface area (Å²) in [6.45, 7) is 0.752. The number of fused-ring (bicyclic) bond motifs is 1. The molecule has 2 N–H and O–H groups in total. The zero-order valence-corrected chi connectivity index (χ0v) is 8.98. The lowest BCUT2D eigenvalue weighted by molar-refractivity contribution is 0.694. The number of aryl methyl sites for hydroxylation is 2. The van der Waals surface area contributed by atoms with E-state index >= 15 is 0 Å². The molecule has 0 aliphatic carbocycles. The van der Waals surface area contributed by atoms with Crippen LogP contribution in [0.15, 0.2) is 18.3 Å². The van der Waals surface area contributed by atoms with Gasteiger partial charge < -0.3 is 10.3 Å². The molecule has 0 amide bonds. The largest absolute Gasteiger partial charge is 0.330 e. The third-order valence-corrected chi connectivity index (χ3v) is 2.60. The Hall–Kier alpha value is -1.42.